The topological polar surface area (TPSA) is 92.5 Å². The third-order valence-electron chi connectivity index (χ3n) is 6.46. The van der Waals surface area contributed by atoms with Gasteiger partial charge in [0.1, 0.15) is 23.0 Å². The van der Waals surface area contributed by atoms with E-state index >= 15 is 0 Å². The Morgan fingerprint density at radius 2 is 0.717 bits per heavy atom. The van der Waals surface area contributed by atoms with Gasteiger partial charge in [0.2, 0.25) is 0 Å². The fourth-order valence-electron chi connectivity index (χ4n) is 4.46. The molecule has 5 rings (SSSR count). The van der Waals surface area contributed by atoms with Crippen LogP contribution >= 0.6 is 23.0 Å². The lowest BCUT2D eigenvalue weighted by Gasteiger charge is -2.33. The summed E-state index contributed by atoms with van der Waals surface area (Å²) in [5.74, 6) is 2.12. The van der Waals surface area contributed by atoms with E-state index in [-0.39, 0.29) is 0 Å². The number of aryl methyl sites for hydroxylation is 4. The Kier molecular flexibility index (Phi) is 11.1. The molecule has 0 amide bonds. The van der Waals surface area contributed by atoms with Gasteiger partial charge in [0.05, 0.1) is 13.2 Å². The quantitative estimate of drug-likeness (QED) is 0.123. The highest BCUT2D eigenvalue weighted by Crippen LogP contribution is 2.79. The minimum atomic E-state index is -3.74. The summed E-state index contributed by atoms with van der Waals surface area (Å²) in [6.07, 6.45) is 1.43. The van der Waals surface area contributed by atoms with Crippen molar-refractivity contribution in [3.63, 3.8) is 0 Å². The Balaban J connectivity index is 1.85. The first kappa shape index (κ1) is 34.0. The highest BCUT2D eigenvalue weighted by Gasteiger charge is 2.47. The Labute approximate surface area is 273 Å². The summed E-state index contributed by atoms with van der Waals surface area (Å²) in [4.78, 5) is 0. The van der Waals surface area contributed by atoms with Gasteiger partial charge in [0, 0.05) is 0 Å². The molecule has 1 aliphatic heterocycles. The number of benzene rings is 4. The van der Waals surface area contributed by atoms with E-state index in [1.807, 2.05) is 139 Å². The molecule has 1 heterocycles. The van der Waals surface area contributed by atoms with Crippen molar-refractivity contribution in [2.45, 2.75) is 54.4 Å². The second-order valence-electron chi connectivity index (χ2n) is 11.0. The molecule has 0 N–H and O–H groups in total. The first-order valence-corrected chi connectivity index (χ1v) is 20.0. The van der Waals surface area contributed by atoms with Crippen molar-refractivity contribution in [1.82, 2.24) is 0 Å². The van der Waals surface area contributed by atoms with Crippen molar-refractivity contribution in [2.75, 3.05) is 13.2 Å². The second-order valence-corrected chi connectivity index (χ2v) is 17.4. The fraction of sp³-hybridized carbons (Fsp3) is 0.294. The molecule has 12 heteroatoms. The molecule has 1 aliphatic rings. The zero-order valence-electron chi connectivity index (χ0n) is 27.2. The fourth-order valence-corrected chi connectivity index (χ4v) is 13.8. The average Bonchev–Trinajstić information content (AvgIpc) is 2.99. The summed E-state index contributed by atoms with van der Waals surface area (Å²) in [5, 5.41) is 0. The third kappa shape index (κ3) is 8.94. The van der Waals surface area contributed by atoms with Crippen LogP contribution in [0.15, 0.2) is 111 Å². The monoisotopic (exact) mass is 681 g/mol. The molecule has 0 fully saturated rings. The first-order chi connectivity index (χ1) is 22.1. The van der Waals surface area contributed by atoms with Crippen molar-refractivity contribution in [3.05, 3.63) is 119 Å². The molecule has 4 aromatic rings. The minimum absolute atomic E-state index is 0.342. The minimum Gasteiger partial charge on any atom is -0.413 e. The predicted octanol–water partition coefficient (Wildman–Crippen LogP) is 12.2. The maximum absolute atomic E-state index is 6.79. The molecule has 0 spiro atoms. The summed E-state index contributed by atoms with van der Waals surface area (Å²) in [7, 11) is -11.0. The molecule has 9 nitrogen and oxygen atoms in total. The van der Waals surface area contributed by atoms with Crippen LogP contribution in [0.5, 0.6) is 23.0 Å². The predicted molar refractivity (Wildman–Crippen MR) is 188 cm³/mol. The smallest absolute Gasteiger partial charge is 0.413 e. The summed E-state index contributed by atoms with van der Waals surface area (Å²) in [6.45, 7) is 12.7. The highest BCUT2D eigenvalue weighted by molar-refractivity contribution is 7.78. The first-order valence-electron chi connectivity index (χ1n) is 15.4. The Bertz CT molecular complexity index is 1630. The van der Waals surface area contributed by atoms with Crippen LogP contribution in [-0.2, 0) is 9.05 Å². The van der Waals surface area contributed by atoms with Crippen molar-refractivity contribution in [2.24, 2.45) is 13.5 Å². The van der Waals surface area contributed by atoms with Crippen LogP contribution in [0.25, 0.3) is 0 Å². The molecule has 0 radical (unpaired) electrons. The molecule has 0 saturated carbocycles. The third-order valence-corrected chi connectivity index (χ3v) is 14.7. The largest absolute Gasteiger partial charge is 0.459 e. The SMILES string of the molecule is CCCOP1(OCCC)=NP(Oc2cccc(C)c2)(Oc2cccc(C)c2)=NP(Oc2cccc(C)c2)(Oc2cccc(C)c2)=N1. The molecule has 244 valence electrons. The Hall–Kier alpha value is -3.31. The maximum atomic E-state index is 6.79. The van der Waals surface area contributed by atoms with Gasteiger partial charge in [-0.15, -0.1) is 9.03 Å². The van der Waals surface area contributed by atoms with E-state index in [2.05, 4.69) is 0 Å². The Morgan fingerprint density at radius 1 is 0.435 bits per heavy atom. The van der Waals surface area contributed by atoms with Gasteiger partial charge in [-0.05, 0) is 111 Å². The molecule has 0 aromatic heterocycles. The normalized spacial score (nSPS) is 15.9. The highest BCUT2D eigenvalue weighted by atomic mass is 31.3. The van der Waals surface area contributed by atoms with Gasteiger partial charge >= 0.3 is 23.0 Å². The van der Waals surface area contributed by atoms with Gasteiger partial charge in [0.15, 0.2) is 0 Å². The van der Waals surface area contributed by atoms with Crippen LogP contribution in [0.4, 0.5) is 0 Å². The maximum Gasteiger partial charge on any atom is 0.459 e. The van der Waals surface area contributed by atoms with Gasteiger partial charge < -0.3 is 27.1 Å². The van der Waals surface area contributed by atoms with Gasteiger partial charge in [-0.25, -0.2) is 0 Å². The Morgan fingerprint density at radius 3 is 1.00 bits per heavy atom. The zero-order chi connectivity index (χ0) is 32.6. The van der Waals surface area contributed by atoms with E-state index in [1.54, 1.807) is 0 Å². The van der Waals surface area contributed by atoms with Crippen molar-refractivity contribution in [3.8, 4) is 23.0 Å². The molecule has 0 aliphatic carbocycles. The van der Waals surface area contributed by atoms with Gasteiger partial charge in [-0.1, -0.05) is 66.9 Å². The standard InChI is InChI=1S/C34H42N3O6P3/c1-7-21-38-44(39-22-8-2)35-45(40-31-17-9-13-27(3)23-31,41-32-18-10-14-28(4)24-32)37-46(36-44,42-33-19-11-15-29(5)25-33)43-34-20-12-16-30(6)26-34/h9-20,23-26H,7-8,21-22H2,1-6H3. The van der Waals surface area contributed by atoms with Crippen LogP contribution in [-0.4, -0.2) is 13.2 Å². The average molecular weight is 682 g/mol. The number of rotatable bonds is 14. The van der Waals surface area contributed by atoms with E-state index in [9.17, 15) is 0 Å². The van der Waals surface area contributed by atoms with Gasteiger partial charge in [-0.2, -0.15) is 0 Å². The summed E-state index contributed by atoms with van der Waals surface area (Å²) < 4.78 is 55.7. The van der Waals surface area contributed by atoms with E-state index in [0.717, 1.165) is 22.3 Å². The molecular weight excluding hydrogens is 639 g/mol. The van der Waals surface area contributed by atoms with Gasteiger partial charge in [0.25, 0.3) is 0 Å². The molecule has 4 aromatic carbocycles. The number of nitrogens with zero attached hydrogens (tertiary/aromatic N) is 3. The molecule has 0 atom stereocenters. The summed E-state index contributed by atoms with van der Waals surface area (Å²) in [5.41, 5.74) is 4.02. The molecular formula is C34H42N3O6P3. The van der Waals surface area contributed by atoms with Gasteiger partial charge in [-0.3, -0.25) is 0 Å². The van der Waals surface area contributed by atoms with E-state index < -0.39 is 23.0 Å². The number of hydrogen-bond donors (Lipinski definition) is 0. The van der Waals surface area contributed by atoms with Crippen molar-refractivity contribution < 1.29 is 27.1 Å². The number of hydrogen-bond acceptors (Lipinski definition) is 9. The van der Waals surface area contributed by atoms with Crippen LogP contribution in [0.1, 0.15) is 48.9 Å². The zero-order valence-corrected chi connectivity index (χ0v) is 29.9. The van der Waals surface area contributed by atoms with Crippen LogP contribution in [0.3, 0.4) is 0 Å². The second kappa shape index (κ2) is 15.1. The molecule has 0 bridgehead atoms. The van der Waals surface area contributed by atoms with E-state index in [4.69, 9.17) is 40.7 Å². The lowest BCUT2D eigenvalue weighted by atomic mass is 10.2. The molecule has 46 heavy (non-hydrogen) atoms. The molecule has 0 unspecified atom stereocenters. The van der Waals surface area contributed by atoms with Crippen LogP contribution in [0.2, 0.25) is 0 Å². The lowest BCUT2D eigenvalue weighted by molar-refractivity contribution is 0.239. The van der Waals surface area contributed by atoms with Crippen LogP contribution < -0.4 is 18.1 Å². The lowest BCUT2D eigenvalue weighted by Crippen LogP contribution is -2.10. The van der Waals surface area contributed by atoms with Crippen molar-refractivity contribution in [1.29, 1.82) is 0 Å². The van der Waals surface area contributed by atoms with Crippen molar-refractivity contribution >= 4 is 23.0 Å². The van der Waals surface area contributed by atoms with E-state index in [1.165, 1.54) is 0 Å². The van der Waals surface area contributed by atoms with Crippen LogP contribution in [0, 0.1) is 27.7 Å². The van der Waals surface area contributed by atoms with E-state index in [0.29, 0.717) is 49.1 Å². The summed E-state index contributed by atoms with van der Waals surface area (Å²) in [6, 6.07) is 30.7. The molecule has 0 saturated heterocycles. The summed E-state index contributed by atoms with van der Waals surface area (Å²) >= 11 is 0.